The number of thioether (sulfide) groups is 1. The number of fused-ring (bicyclic) bond motifs is 1. The molecule has 1 fully saturated rings. The lowest BCUT2D eigenvalue weighted by atomic mass is 9.84. The number of nitrogens with one attached hydrogen (secondary N) is 1. The molecule has 3 rings (SSSR count). The highest BCUT2D eigenvalue weighted by atomic mass is 32.2. The lowest BCUT2D eigenvalue weighted by Crippen LogP contribution is -2.45. The van der Waals surface area contributed by atoms with Crippen molar-refractivity contribution in [1.82, 2.24) is 5.32 Å². The van der Waals surface area contributed by atoms with Crippen LogP contribution < -0.4 is 14.8 Å². The molecule has 108 valence electrons. The molecule has 1 N–H and O–H groups in total. The van der Waals surface area contributed by atoms with Gasteiger partial charge in [-0.2, -0.15) is 11.8 Å². The molecule has 1 aliphatic carbocycles. The van der Waals surface area contributed by atoms with E-state index >= 15 is 0 Å². The van der Waals surface area contributed by atoms with E-state index in [2.05, 4.69) is 11.6 Å². The Morgan fingerprint density at radius 2 is 2.15 bits per heavy atom. The van der Waals surface area contributed by atoms with Crippen LogP contribution in [0.4, 0.5) is 0 Å². The van der Waals surface area contributed by atoms with Crippen molar-refractivity contribution in [3.63, 3.8) is 0 Å². The second kappa shape index (κ2) is 5.56. The Balaban J connectivity index is 1.71. The Morgan fingerprint density at radius 3 is 2.85 bits per heavy atom. The van der Waals surface area contributed by atoms with Crippen LogP contribution in [0.25, 0.3) is 0 Å². The zero-order valence-corrected chi connectivity index (χ0v) is 12.4. The molecule has 1 aliphatic heterocycles. The van der Waals surface area contributed by atoms with Gasteiger partial charge in [0.15, 0.2) is 11.5 Å². The Bertz CT molecular complexity index is 508. The van der Waals surface area contributed by atoms with Gasteiger partial charge in [0, 0.05) is 11.3 Å². The first-order chi connectivity index (χ1) is 9.74. The average Bonchev–Trinajstić information content (AvgIpc) is 2.46. The van der Waals surface area contributed by atoms with Gasteiger partial charge in [0.05, 0.1) is 5.56 Å². The van der Waals surface area contributed by atoms with Gasteiger partial charge in [0.25, 0.3) is 5.91 Å². The fraction of sp³-hybridized carbons (Fsp3) is 0.533. The van der Waals surface area contributed by atoms with Crippen molar-refractivity contribution < 1.29 is 14.3 Å². The summed E-state index contributed by atoms with van der Waals surface area (Å²) in [6.45, 7) is 1.75. The fourth-order valence-electron chi connectivity index (χ4n) is 2.61. The van der Waals surface area contributed by atoms with Crippen molar-refractivity contribution in [2.24, 2.45) is 0 Å². The third kappa shape index (κ3) is 2.46. The molecule has 0 atom stereocenters. The molecule has 20 heavy (non-hydrogen) atoms. The van der Waals surface area contributed by atoms with Crippen molar-refractivity contribution in [1.29, 1.82) is 0 Å². The third-order valence-electron chi connectivity index (χ3n) is 4.08. The fourth-order valence-corrected chi connectivity index (χ4v) is 3.53. The highest BCUT2D eigenvalue weighted by Gasteiger charge is 2.36. The first kappa shape index (κ1) is 13.6. The number of hydrogen-bond acceptors (Lipinski definition) is 4. The number of amides is 1. The lowest BCUT2D eigenvalue weighted by molar-refractivity contribution is 0.0933. The summed E-state index contributed by atoms with van der Waals surface area (Å²) in [5, 5.41) is 3.05. The zero-order valence-electron chi connectivity index (χ0n) is 11.6. The van der Waals surface area contributed by atoms with Crippen molar-refractivity contribution in [3.8, 4) is 11.5 Å². The molecular formula is C15H19NO3S. The number of benzene rings is 1. The van der Waals surface area contributed by atoms with Crippen LogP contribution in [0, 0.1) is 0 Å². The molecule has 0 spiro atoms. The monoisotopic (exact) mass is 293 g/mol. The normalized spacial score (nSPS) is 19.1. The topological polar surface area (TPSA) is 47.6 Å². The van der Waals surface area contributed by atoms with Crippen molar-refractivity contribution in [2.45, 2.75) is 24.0 Å². The Hall–Kier alpha value is -1.36. The molecule has 1 aromatic rings. The summed E-state index contributed by atoms with van der Waals surface area (Å²) >= 11 is 1.85. The molecule has 0 radical (unpaired) electrons. The van der Waals surface area contributed by atoms with Crippen LogP contribution in [0.3, 0.4) is 0 Å². The minimum absolute atomic E-state index is 0.0762. The van der Waals surface area contributed by atoms with Crippen LogP contribution in [0.2, 0.25) is 0 Å². The molecular weight excluding hydrogens is 274 g/mol. The summed E-state index contributed by atoms with van der Waals surface area (Å²) in [5.41, 5.74) is 0.567. The van der Waals surface area contributed by atoms with Gasteiger partial charge in [-0.05, 0) is 31.2 Å². The van der Waals surface area contributed by atoms with E-state index in [0.29, 0.717) is 30.3 Å². The molecule has 0 bridgehead atoms. The van der Waals surface area contributed by atoms with Gasteiger partial charge < -0.3 is 14.8 Å². The molecule has 0 saturated heterocycles. The van der Waals surface area contributed by atoms with Crippen LogP contribution in [-0.2, 0) is 0 Å². The van der Waals surface area contributed by atoms with E-state index in [4.69, 9.17) is 9.47 Å². The number of carbonyl (C=O) groups excluding carboxylic acids is 1. The molecule has 0 unspecified atom stereocenters. The summed E-state index contributed by atoms with van der Waals surface area (Å²) in [4.78, 5) is 12.4. The van der Waals surface area contributed by atoms with Gasteiger partial charge in [0.2, 0.25) is 0 Å². The molecule has 2 aliphatic rings. The predicted molar refractivity (Wildman–Crippen MR) is 79.9 cm³/mol. The van der Waals surface area contributed by atoms with Gasteiger partial charge in [-0.3, -0.25) is 4.79 Å². The second-order valence-electron chi connectivity index (χ2n) is 5.25. The van der Waals surface area contributed by atoms with E-state index < -0.39 is 0 Å². The molecule has 1 amide bonds. The van der Waals surface area contributed by atoms with Crippen LogP contribution >= 0.6 is 11.8 Å². The minimum atomic E-state index is -0.0762. The summed E-state index contributed by atoms with van der Waals surface area (Å²) in [7, 11) is 0. The number of para-hydroxylation sites is 1. The van der Waals surface area contributed by atoms with E-state index in [1.807, 2.05) is 23.9 Å². The van der Waals surface area contributed by atoms with E-state index in [-0.39, 0.29) is 10.7 Å². The number of ether oxygens (including phenoxy) is 2. The van der Waals surface area contributed by atoms with Gasteiger partial charge in [-0.25, -0.2) is 0 Å². The van der Waals surface area contributed by atoms with Crippen LogP contribution in [0.1, 0.15) is 29.6 Å². The van der Waals surface area contributed by atoms with Crippen LogP contribution in [-0.4, -0.2) is 36.7 Å². The average molecular weight is 293 g/mol. The number of carbonyl (C=O) groups is 1. The van der Waals surface area contributed by atoms with E-state index in [9.17, 15) is 4.79 Å². The SMILES string of the molecule is CSC1(CNC(=O)c2cccc3c2OCCO3)CCC1. The first-order valence-corrected chi connectivity index (χ1v) is 8.19. The van der Waals surface area contributed by atoms with Gasteiger partial charge in [0.1, 0.15) is 13.2 Å². The number of hydrogen-bond donors (Lipinski definition) is 1. The predicted octanol–water partition coefficient (Wildman–Crippen LogP) is 2.47. The van der Waals surface area contributed by atoms with Crippen LogP contribution in [0.5, 0.6) is 11.5 Å². The maximum Gasteiger partial charge on any atom is 0.255 e. The first-order valence-electron chi connectivity index (χ1n) is 6.96. The maximum atomic E-state index is 12.4. The quantitative estimate of drug-likeness (QED) is 0.926. The van der Waals surface area contributed by atoms with Gasteiger partial charge in [-0.1, -0.05) is 12.5 Å². The minimum Gasteiger partial charge on any atom is -0.486 e. The van der Waals surface area contributed by atoms with Gasteiger partial charge in [-0.15, -0.1) is 0 Å². The Kier molecular flexibility index (Phi) is 3.78. The molecule has 1 aromatic carbocycles. The molecule has 1 saturated carbocycles. The zero-order chi connectivity index (χ0) is 14.0. The lowest BCUT2D eigenvalue weighted by Gasteiger charge is -2.40. The van der Waals surface area contributed by atoms with Crippen molar-refractivity contribution in [2.75, 3.05) is 26.0 Å². The second-order valence-corrected chi connectivity index (χ2v) is 6.53. The van der Waals surface area contributed by atoms with Crippen molar-refractivity contribution in [3.05, 3.63) is 23.8 Å². The van der Waals surface area contributed by atoms with E-state index in [0.717, 1.165) is 6.54 Å². The summed E-state index contributed by atoms with van der Waals surface area (Å²) in [6.07, 6.45) is 5.74. The largest absolute Gasteiger partial charge is 0.486 e. The summed E-state index contributed by atoms with van der Waals surface area (Å²) in [6, 6.07) is 5.45. The highest BCUT2D eigenvalue weighted by molar-refractivity contribution is 8.00. The Labute approximate surface area is 123 Å². The van der Waals surface area contributed by atoms with Crippen molar-refractivity contribution >= 4 is 17.7 Å². The van der Waals surface area contributed by atoms with Crippen LogP contribution in [0.15, 0.2) is 18.2 Å². The van der Waals surface area contributed by atoms with E-state index in [1.165, 1.54) is 19.3 Å². The molecule has 5 heteroatoms. The summed E-state index contributed by atoms with van der Waals surface area (Å²) < 4.78 is 11.3. The maximum absolute atomic E-state index is 12.4. The number of rotatable bonds is 4. The summed E-state index contributed by atoms with van der Waals surface area (Å²) in [5.74, 6) is 1.16. The van der Waals surface area contributed by atoms with Gasteiger partial charge >= 0.3 is 0 Å². The third-order valence-corrected chi connectivity index (χ3v) is 5.50. The van der Waals surface area contributed by atoms with E-state index in [1.54, 1.807) is 6.07 Å². The molecule has 4 nitrogen and oxygen atoms in total. The smallest absolute Gasteiger partial charge is 0.255 e. The highest BCUT2D eigenvalue weighted by Crippen LogP contribution is 2.42. The molecule has 1 heterocycles. The Morgan fingerprint density at radius 1 is 1.35 bits per heavy atom. The molecule has 0 aromatic heterocycles. The standard InChI is InChI=1S/C15H19NO3S/c1-20-15(6-3-7-15)10-16-14(17)11-4-2-5-12-13(11)19-9-8-18-12/h2,4-5H,3,6-10H2,1H3,(H,16,17).